The summed E-state index contributed by atoms with van der Waals surface area (Å²) in [5.41, 5.74) is 7.13. The van der Waals surface area contributed by atoms with E-state index >= 15 is 0 Å². The van der Waals surface area contributed by atoms with Crippen molar-refractivity contribution in [2.45, 2.75) is 47.6 Å². The zero-order valence-electron chi connectivity index (χ0n) is 21.9. The van der Waals surface area contributed by atoms with E-state index in [1.54, 1.807) is 11.0 Å². The summed E-state index contributed by atoms with van der Waals surface area (Å²) in [5.74, 6) is -1.46. The summed E-state index contributed by atoms with van der Waals surface area (Å²) >= 11 is 0. The van der Waals surface area contributed by atoms with Gasteiger partial charge in [-0.2, -0.15) is 0 Å². The Morgan fingerprint density at radius 2 is 1.47 bits per heavy atom. The molecule has 1 heterocycles. The number of Topliss-reactive ketones (excluding diaryl/α,β-unsaturated/α-hetero) is 1. The van der Waals surface area contributed by atoms with E-state index in [0.29, 0.717) is 11.3 Å². The molecule has 3 aromatic carbocycles. The molecule has 186 valence electrons. The number of aryl methyl sites for hydroxylation is 4. The molecule has 5 heteroatoms. The van der Waals surface area contributed by atoms with Crippen LogP contribution < -0.4 is 9.80 Å². The maximum Gasteiger partial charge on any atom is 0.300 e. The van der Waals surface area contributed by atoms with Crippen LogP contribution in [0.5, 0.6) is 0 Å². The fraction of sp³-hybridized carbons (Fsp3) is 0.290. The first-order valence-electron chi connectivity index (χ1n) is 12.5. The number of amides is 1. The fourth-order valence-corrected chi connectivity index (χ4v) is 4.88. The zero-order valence-corrected chi connectivity index (χ0v) is 21.9. The van der Waals surface area contributed by atoms with Crippen molar-refractivity contribution in [3.63, 3.8) is 0 Å². The second kappa shape index (κ2) is 10.0. The Hall–Kier alpha value is -3.86. The summed E-state index contributed by atoms with van der Waals surface area (Å²) in [7, 11) is 0. The number of aliphatic hydroxyl groups is 1. The number of carbonyl (C=O) groups excluding carboxylic acids is 2. The SMILES string of the molecule is CCN(CC)c1ccc(C2/C(=C(/O)c3ccc(C)c(C)c3)C(=O)C(=O)N2c2cc(C)ccc2C)cc1. The summed E-state index contributed by atoms with van der Waals surface area (Å²) in [5, 5.41) is 11.4. The Kier molecular flexibility index (Phi) is 7.02. The smallest absolute Gasteiger partial charge is 0.300 e. The van der Waals surface area contributed by atoms with Crippen molar-refractivity contribution in [1.29, 1.82) is 0 Å². The van der Waals surface area contributed by atoms with Gasteiger partial charge in [-0.25, -0.2) is 0 Å². The maximum atomic E-state index is 13.5. The third kappa shape index (κ3) is 4.41. The monoisotopic (exact) mass is 482 g/mol. The molecule has 1 aliphatic heterocycles. The molecule has 1 N–H and O–H groups in total. The lowest BCUT2D eigenvalue weighted by Crippen LogP contribution is -2.30. The van der Waals surface area contributed by atoms with Gasteiger partial charge in [-0.1, -0.05) is 36.4 Å². The van der Waals surface area contributed by atoms with Crippen LogP contribution in [0.2, 0.25) is 0 Å². The molecule has 36 heavy (non-hydrogen) atoms. The molecular weight excluding hydrogens is 448 g/mol. The number of rotatable bonds is 6. The first kappa shape index (κ1) is 25.2. The van der Waals surface area contributed by atoms with Crippen LogP contribution in [0, 0.1) is 27.7 Å². The number of carbonyl (C=O) groups is 2. The van der Waals surface area contributed by atoms with Gasteiger partial charge in [0.05, 0.1) is 11.6 Å². The van der Waals surface area contributed by atoms with Crippen LogP contribution in [-0.2, 0) is 9.59 Å². The van der Waals surface area contributed by atoms with Crippen molar-refractivity contribution in [3.05, 3.63) is 99.6 Å². The lowest BCUT2D eigenvalue weighted by molar-refractivity contribution is -0.132. The van der Waals surface area contributed by atoms with Gasteiger partial charge in [0.2, 0.25) is 0 Å². The second-order valence-electron chi connectivity index (χ2n) is 9.52. The summed E-state index contributed by atoms with van der Waals surface area (Å²) in [6, 6.07) is 18.6. The minimum Gasteiger partial charge on any atom is -0.507 e. The van der Waals surface area contributed by atoms with Gasteiger partial charge < -0.3 is 10.0 Å². The lowest BCUT2D eigenvalue weighted by Gasteiger charge is -2.28. The Morgan fingerprint density at radius 3 is 2.08 bits per heavy atom. The number of aliphatic hydroxyl groups excluding tert-OH is 1. The largest absolute Gasteiger partial charge is 0.507 e. The molecule has 0 saturated carbocycles. The van der Waals surface area contributed by atoms with E-state index in [0.717, 1.165) is 46.6 Å². The number of anilines is 2. The van der Waals surface area contributed by atoms with Crippen molar-refractivity contribution in [3.8, 4) is 0 Å². The van der Waals surface area contributed by atoms with Gasteiger partial charge in [0, 0.05) is 30.0 Å². The van der Waals surface area contributed by atoms with E-state index in [-0.39, 0.29) is 11.3 Å². The Morgan fingerprint density at radius 1 is 0.833 bits per heavy atom. The first-order chi connectivity index (χ1) is 17.2. The van der Waals surface area contributed by atoms with E-state index in [1.165, 1.54) is 0 Å². The summed E-state index contributed by atoms with van der Waals surface area (Å²) < 4.78 is 0. The Bertz CT molecular complexity index is 1350. The van der Waals surface area contributed by atoms with Crippen molar-refractivity contribution >= 4 is 28.8 Å². The molecule has 0 aliphatic carbocycles. The molecule has 3 aromatic rings. The van der Waals surface area contributed by atoms with E-state index in [9.17, 15) is 14.7 Å². The average molecular weight is 483 g/mol. The van der Waals surface area contributed by atoms with E-state index in [4.69, 9.17) is 0 Å². The molecule has 4 rings (SSSR count). The van der Waals surface area contributed by atoms with Gasteiger partial charge >= 0.3 is 0 Å². The summed E-state index contributed by atoms with van der Waals surface area (Å²) in [4.78, 5) is 30.8. The quantitative estimate of drug-likeness (QED) is 0.251. The number of nitrogens with zero attached hydrogens (tertiary/aromatic N) is 2. The highest BCUT2D eigenvalue weighted by Gasteiger charge is 2.47. The predicted octanol–water partition coefficient (Wildman–Crippen LogP) is 6.39. The molecule has 0 spiro atoms. The van der Waals surface area contributed by atoms with Gasteiger partial charge in [0.25, 0.3) is 11.7 Å². The van der Waals surface area contributed by atoms with Gasteiger partial charge in [-0.05, 0) is 93.6 Å². The Balaban J connectivity index is 1.94. The van der Waals surface area contributed by atoms with Crippen LogP contribution in [0.15, 0.2) is 66.2 Å². The van der Waals surface area contributed by atoms with E-state index in [2.05, 4.69) is 18.7 Å². The minimum absolute atomic E-state index is 0.111. The lowest BCUT2D eigenvalue weighted by atomic mass is 9.93. The normalized spacial score (nSPS) is 17.1. The predicted molar refractivity (Wildman–Crippen MR) is 147 cm³/mol. The second-order valence-corrected chi connectivity index (χ2v) is 9.52. The highest BCUT2D eigenvalue weighted by molar-refractivity contribution is 6.51. The average Bonchev–Trinajstić information content (AvgIpc) is 3.13. The third-order valence-corrected chi connectivity index (χ3v) is 7.19. The summed E-state index contributed by atoms with van der Waals surface area (Å²) in [6.07, 6.45) is 0. The van der Waals surface area contributed by atoms with E-state index < -0.39 is 17.7 Å². The maximum absolute atomic E-state index is 13.5. The molecule has 1 atom stereocenters. The van der Waals surface area contributed by atoms with Crippen molar-refractivity contribution < 1.29 is 14.7 Å². The molecule has 0 radical (unpaired) electrons. The molecule has 1 unspecified atom stereocenters. The van der Waals surface area contributed by atoms with Gasteiger partial charge in [-0.15, -0.1) is 0 Å². The molecule has 0 aromatic heterocycles. The number of hydrogen-bond donors (Lipinski definition) is 1. The van der Waals surface area contributed by atoms with Crippen LogP contribution in [-0.4, -0.2) is 29.9 Å². The van der Waals surface area contributed by atoms with Crippen molar-refractivity contribution in [2.24, 2.45) is 0 Å². The summed E-state index contributed by atoms with van der Waals surface area (Å²) in [6.45, 7) is 13.8. The minimum atomic E-state index is -0.738. The topological polar surface area (TPSA) is 60.9 Å². The fourth-order valence-electron chi connectivity index (χ4n) is 4.88. The highest BCUT2D eigenvalue weighted by Crippen LogP contribution is 2.43. The molecule has 1 fully saturated rings. The number of benzene rings is 3. The standard InChI is InChI=1S/C31H34N2O3/c1-7-32(8-2)25-15-13-23(14-16-25)28-27(29(34)24-12-11-20(4)22(6)18-24)30(35)31(36)33(28)26-17-19(3)9-10-21(26)5/h9-18,28,34H,7-8H2,1-6H3/b29-27-. The van der Waals surface area contributed by atoms with Crippen molar-refractivity contribution in [1.82, 2.24) is 0 Å². The Labute approximate surface area is 213 Å². The van der Waals surface area contributed by atoms with Crippen LogP contribution in [0.4, 0.5) is 11.4 Å². The van der Waals surface area contributed by atoms with Crippen LogP contribution in [0.25, 0.3) is 5.76 Å². The zero-order chi connectivity index (χ0) is 26.1. The van der Waals surface area contributed by atoms with E-state index in [1.807, 2.05) is 82.3 Å². The van der Waals surface area contributed by atoms with Crippen molar-refractivity contribution in [2.75, 3.05) is 22.9 Å². The van der Waals surface area contributed by atoms with Gasteiger partial charge in [-0.3, -0.25) is 14.5 Å². The number of ketones is 1. The molecule has 1 saturated heterocycles. The van der Waals surface area contributed by atoms with Crippen LogP contribution >= 0.6 is 0 Å². The molecule has 0 bridgehead atoms. The molecule has 1 aliphatic rings. The first-order valence-corrected chi connectivity index (χ1v) is 12.5. The molecule has 5 nitrogen and oxygen atoms in total. The van der Waals surface area contributed by atoms with Crippen LogP contribution in [0.1, 0.15) is 53.3 Å². The van der Waals surface area contributed by atoms with Crippen LogP contribution in [0.3, 0.4) is 0 Å². The van der Waals surface area contributed by atoms with Gasteiger partial charge in [0.15, 0.2) is 0 Å². The third-order valence-electron chi connectivity index (χ3n) is 7.19. The number of hydrogen-bond acceptors (Lipinski definition) is 4. The molecular formula is C31H34N2O3. The van der Waals surface area contributed by atoms with Gasteiger partial charge in [0.1, 0.15) is 5.76 Å². The highest BCUT2D eigenvalue weighted by atomic mass is 16.3. The molecule has 1 amide bonds.